The second-order valence-electron chi connectivity index (χ2n) is 10.1. The molecule has 0 spiro atoms. The zero-order valence-corrected chi connectivity index (χ0v) is 24.5. The molecule has 0 radical (unpaired) electrons. The lowest BCUT2D eigenvalue weighted by Crippen LogP contribution is -2.31. The van der Waals surface area contributed by atoms with Gasteiger partial charge in [0.05, 0.1) is 18.2 Å². The molecule has 0 saturated heterocycles. The first-order valence-electron chi connectivity index (χ1n) is 14.3. The summed E-state index contributed by atoms with van der Waals surface area (Å²) in [6.45, 7) is 8.81. The maximum Gasteiger partial charge on any atom is 0.311 e. The van der Waals surface area contributed by atoms with Gasteiger partial charge in [0.15, 0.2) is 0 Å². The van der Waals surface area contributed by atoms with Gasteiger partial charge < -0.3 is 19.6 Å². The van der Waals surface area contributed by atoms with Crippen LogP contribution >= 0.6 is 11.6 Å². The van der Waals surface area contributed by atoms with Gasteiger partial charge in [-0.15, -0.1) is 0 Å². The summed E-state index contributed by atoms with van der Waals surface area (Å²) < 4.78 is 6.35. The van der Waals surface area contributed by atoms with E-state index in [0.717, 1.165) is 61.7 Å². The summed E-state index contributed by atoms with van der Waals surface area (Å²) in [5, 5.41) is 10.8. The number of aryl methyl sites for hydroxylation is 1. The average molecular weight is 555 g/mol. The van der Waals surface area contributed by atoms with Crippen LogP contribution in [0.15, 0.2) is 48.6 Å². The summed E-state index contributed by atoms with van der Waals surface area (Å²) in [6, 6.07) is 11.8. The van der Waals surface area contributed by atoms with Gasteiger partial charge in [0.25, 0.3) is 0 Å². The molecule has 2 heterocycles. The molecule has 7 heteroatoms. The van der Waals surface area contributed by atoms with E-state index in [0.29, 0.717) is 18.7 Å². The van der Waals surface area contributed by atoms with E-state index in [2.05, 4.69) is 30.0 Å². The molecule has 0 fully saturated rings. The van der Waals surface area contributed by atoms with Crippen molar-refractivity contribution in [3.63, 3.8) is 0 Å². The van der Waals surface area contributed by atoms with E-state index in [-0.39, 0.29) is 18.2 Å². The Bertz CT molecular complexity index is 1150. The Kier molecular flexibility index (Phi) is 11.7. The smallest absolute Gasteiger partial charge is 0.311 e. The minimum Gasteiger partial charge on any atom is -0.491 e. The number of carbonyl (C=O) groups excluding carboxylic acids is 1. The van der Waals surface area contributed by atoms with Crippen molar-refractivity contribution in [1.29, 1.82) is 0 Å². The molecule has 2 bridgehead atoms. The van der Waals surface area contributed by atoms with Gasteiger partial charge in [-0.05, 0) is 66.6 Å². The van der Waals surface area contributed by atoms with Crippen LogP contribution in [0.3, 0.4) is 0 Å². The van der Waals surface area contributed by atoms with E-state index >= 15 is 0 Å². The highest BCUT2D eigenvalue weighted by atomic mass is 35.5. The Morgan fingerprint density at radius 3 is 2.67 bits per heavy atom. The second kappa shape index (κ2) is 15.0. The van der Waals surface area contributed by atoms with Gasteiger partial charge in [0.1, 0.15) is 5.75 Å². The number of ether oxygens (including phenoxy) is 1. The average Bonchev–Trinajstić information content (AvgIpc) is 3.11. The number of carboxylic acids is 1. The van der Waals surface area contributed by atoms with Crippen molar-refractivity contribution in [2.75, 3.05) is 38.2 Å². The number of rotatable bonds is 4. The number of aliphatic carboxylic acids is 1. The number of halogens is 1. The van der Waals surface area contributed by atoms with E-state index in [4.69, 9.17) is 16.3 Å². The van der Waals surface area contributed by atoms with Crippen LogP contribution in [0.4, 0.5) is 5.69 Å². The summed E-state index contributed by atoms with van der Waals surface area (Å²) in [4.78, 5) is 29.0. The van der Waals surface area contributed by atoms with Crippen molar-refractivity contribution < 1.29 is 19.4 Å². The normalized spacial score (nSPS) is 20.9. The summed E-state index contributed by atoms with van der Waals surface area (Å²) in [5.41, 5.74) is 4.05. The molecule has 2 unspecified atom stereocenters. The number of likely N-dealkylation sites (N-methyl/N-ethyl adjacent to an activating group) is 1. The van der Waals surface area contributed by atoms with Crippen LogP contribution < -0.4 is 9.64 Å². The lowest BCUT2D eigenvalue weighted by Gasteiger charge is -2.28. The standard InChI is InChI=1S/C30H37ClN2O4.C2H6/c1-3-9-21-16-24(31)11-12-25(21)23-19-33-15-8-6-4-5-7-14-32(2)29(34)18-26(30(35)36)22-10-13-28(37-20-23)27(33)17-22;1-2/h5,7,10-13,16-17,23,26H,3-4,6,8-9,14-15,18-20H2,1-2H3,(H,35,36);1-2H3/b7-5+;. The zero-order valence-electron chi connectivity index (χ0n) is 23.8. The fourth-order valence-corrected chi connectivity index (χ4v) is 5.48. The van der Waals surface area contributed by atoms with Gasteiger partial charge in [-0.25, -0.2) is 0 Å². The number of hydrogen-bond acceptors (Lipinski definition) is 4. The third-order valence-electron chi connectivity index (χ3n) is 7.37. The summed E-state index contributed by atoms with van der Waals surface area (Å²) in [5.74, 6) is -1.18. The first kappa shape index (κ1) is 30.6. The maximum atomic E-state index is 12.8. The highest BCUT2D eigenvalue weighted by Gasteiger charge is 2.30. The third kappa shape index (κ3) is 8.01. The number of allylic oxidation sites excluding steroid dienone is 1. The fourth-order valence-electron chi connectivity index (χ4n) is 5.28. The quantitative estimate of drug-likeness (QED) is 0.410. The highest BCUT2D eigenvalue weighted by Crippen LogP contribution is 2.39. The number of carboxylic acid groups (broad SMARTS) is 1. The lowest BCUT2D eigenvalue weighted by molar-refractivity contribution is -0.142. The Morgan fingerprint density at radius 2 is 1.92 bits per heavy atom. The van der Waals surface area contributed by atoms with Crippen molar-refractivity contribution in [2.24, 2.45) is 0 Å². The van der Waals surface area contributed by atoms with E-state index < -0.39 is 11.9 Å². The minimum absolute atomic E-state index is 0.0763. The van der Waals surface area contributed by atoms with Crippen molar-refractivity contribution in [3.05, 3.63) is 70.3 Å². The summed E-state index contributed by atoms with van der Waals surface area (Å²) in [6.07, 6.45) is 9.00. The molecule has 0 aliphatic carbocycles. The Balaban J connectivity index is 0.00000205. The van der Waals surface area contributed by atoms with Crippen LogP contribution in [0.1, 0.15) is 81.4 Å². The largest absolute Gasteiger partial charge is 0.491 e. The second-order valence-corrected chi connectivity index (χ2v) is 10.5. The van der Waals surface area contributed by atoms with Crippen LogP contribution in [0.5, 0.6) is 5.75 Å². The number of carbonyl (C=O) groups is 2. The number of nitrogens with zero attached hydrogens (tertiary/aromatic N) is 2. The van der Waals surface area contributed by atoms with Crippen LogP contribution in [0.2, 0.25) is 5.02 Å². The van der Waals surface area contributed by atoms with E-state index in [9.17, 15) is 14.7 Å². The van der Waals surface area contributed by atoms with Gasteiger partial charge in [0, 0.05) is 44.0 Å². The van der Waals surface area contributed by atoms with Gasteiger partial charge >= 0.3 is 5.97 Å². The number of hydrogen-bond donors (Lipinski definition) is 1. The van der Waals surface area contributed by atoms with Crippen LogP contribution in [-0.2, 0) is 16.0 Å². The molecule has 1 N–H and O–H groups in total. The zero-order chi connectivity index (χ0) is 28.4. The fraction of sp³-hybridized carbons (Fsp3) is 0.500. The number of benzene rings is 2. The lowest BCUT2D eigenvalue weighted by atomic mass is 9.91. The van der Waals surface area contributed by atoms with E-state index in [1.165, 1.54) is 11.1 Å². The predicted molar refractivity (Wildman–Crippen MR) is 159 cm³/mol. The molecule has 2 aliphatic heterocycles. The molecule has 0 aromatic heterocycles. The van der Waals surface area contributed by atoms with E-state index in [1.807, 2.05) is 38.1 Å². The van der Waals surface area contributed by atoms with Crippen LogP contribution in [-0.4, -0.2) is 55.2 Å². The number of fused-ring (bicyclic) bond motifs is 1. The maximum absolute atomic E-state index is 12.8. The third-order valence-corrected chi connectivity index (χ3v) is 7.60. The number of anilines is 1. The molecule has 39 heavy (non-hydrogen) atoms. The van der Waals surface area contributed by atoms with Crippen molar-refractivity contribution >= 4 is 29.2 Å². The van der Waals surface area contributed by atoms with Gasteiger partial charge in [-0.3, -0.25) is 9.59 Å². The molecular formula is C32H43ClN2O4. The Morgan fingerprint density at radius 1 is 1.13 bits per heavy atom. The van der Waals surface area contributed by atoms with Crippen molar-refractivity contribution in [3.8, 4) is 5.75 Å². The summed E-state index contributed by atoms with van der Waals surface area (Å²) in [7, 11) is 1.72. The topological polar surface area (TPSA) is 70.1 Å². The number of amides is 1. The molecular weight excluding hydrogens is 512 g/mol. The SMILES string of the molecule is CC.CCCc1cc(Cl)ccc1C1COc2ccc3cc2N(CCCC/C=C/CN(C)C(=O)CC3C(=O)O)C1. The first-order valence-corrected chi connectivity index (χ1v) is 14.7. The Hall–Kier alpha value is -2.99. The molecule has 4 rings (SSSR count). The molecule has 212 valence electrons. The van der Waals surface area contributed by atoms with E-state index in [1.54, 1.807) is 18.0 Å². The minimum atomic E-state index is -0.995. The molecule has 2 aromatic carbocycles. The predicted octanol–water partition coefficient (Wildman–Crippen LogP) is 7.06. The van der Waals surface area contributed by atoms with Crippen LogP contribution in [0, 0.1) is 0 Å². The molecule has 1 amide bonds. The first-order chi connectivity index (χ1) is 18.9. The summed E-state index contributed by atoms with van der Waals surface area (Å²) >= 11 is 6.34. The van der Waals surface area contributed by atoms with Gasteiger partial charge in [0.2, 0.25) is 5.91 Å². The van der Waals surface area contributed by atoms with Crippen LogP contribution in [0.25, 0.3) is 0 Å². The monoisotopic (exact) mass is 554 g/mol. The molecule has 0 saturated carbocycles. The molecule has 2 atom stereocenters. The molecule has 6 nitrogen and oxygen atoms in total. The van der Waals surface area contributed by atoms with Crippen molar-refractivity contribution in [1.82, 2.24) is 4.90 Å². The highest BCUT2D eigenvalue weighted by molar-refractivity contribution is 6.30. The molecule has 2 aromatic rings. The van der Waals surface area contributed by atoms with Gasteiger partial charge in [-0.2, -0.15) is 0 Å². The van der Waals surface area contributed by atoms with Crippen molar-refractivity contribution in [2.45, 2.75) is 71.1 Å². The molecule has 2 aliphatic rings. The van der Waals surface area contributed by atoms with Gasteiger partial charge in [-0.1, -0.05) is 63.1 Å². The Labute approximate surface area is 238 Å².